The van der Waals surface area contributed by atoms with Gasteiger partial charge in [0.2, 0.25) is 0 Å². The molecule has 106 valence electrons. The third kappa shape index (κ3) is 3.78. The number of nitrogens with zero attached hydrogens (tertiary/aromatic N) is 1. The molecular formula is C16H21N3O. The Hall–Kier alpha value is -1.94. The molecule has 4 nitrogen and oxygen atoms in total. The summed E-state index contributed by atoms with van der Waals surface area (Å²) >= 11 is 0. The summed E-state index contributed by atoms with van der Waals surface area (Å²) in [6.45, 7) is 1.45. The molecule has 4 heteroatoms. The van der Waals surface area contributed by atoms with Crippen molar-refractivity contribution < 1.29 is 4.79 Å². The Morgan fingerprint density at radius 2 is 1.90 bits per heavy atom. The quantitative estimate of drug-likeness (QED) is 0.760. The lowest BCUT2D eigenvalue weighted by molar-refractivity contribution is 0.0954. The van der Waals surface area contributed by atoms with Gasteiger partial charge in [-0.15, -0.1) is 0 Å². The molecule has 2 rings (SSSR count). The van der Waals surface area contributed by atoms with Gasteiger partial charge in [-0.3, -0.25) is 9.78 Å². The standard InChI is InChI=1S/C16H21N3O/c17-10-3-1-2-4-11-19-16(20)14-9-5-7-13-8-6-12-18-15(13)14/h5-9,12H,1-4,10-11,17H2,(H,19,20). The monoisotopic (exact) mass is 271 g/mol. The van der Waals surface area contributed by atoms with E-state index in [-0.39, 0.29) is 5.91 Å². The van der Waals surface area contributed by atoms with E-state index in [2.05, 4.69) is 10.3 Å². The molecule has 2 aromatic rings. The Kier molecular flexibility index (Phi) is 5.50. The highest BCUT2D eigenvalue weighted by Gasteiger charge is 2.09. The highest BCUT2D eigenvalue weighted by atomic mass is 16.1. The third-order valence-corrected chi connectivity index (χ3v) is 3.29. The first-order valence-electron chi connectivity index (χ1n) is 7.15. The lowest BCUT2D eigenvalue weighted by atomic mass is 10.1. The molecule has 1 aromatic carbocycles. The zero-order valence-electron chi connectivity index (χ0n) is 11.6. The van der Waals surface area contributed by atoms with Gasteiger partial charge in [-0.2, -0.15) is 0 Å². The van der Waals surface area contributed by atoms with Crippen LogP contribution in [0.25, 0.3) is 10.9 Å². The minimum Gasteiger partial charge on any atom is -0.352 e. The number of aromatic nitrogens is 1. The van der Waals surface area contributed by atoms with Gasteiger partial charge in [-0.05, 0) is 31.5 Å². The maximum atomic E-state index is 12.2. The van der Waals surface area contributed by atoms with Crippen molar-refractivity contribution in [2.75, 3.05) is 13.1 Å². The van der Waals surface area contributed by atoms with Gasteiger partial charge in [-0.1, -0.05) is 31.0 Å². The number of amides is 1. The molecule has 20 heavy (non-hydrogen) atoms. The van der Waals surface area contributed by atoms with Gasteiger partial charge in [0.1, 0.15) is 0 Å². The molecule has 0 unspecified atom stereocenters. The van der Waals surface area contributed by atoms with E-state index in [0.717, 1.165) is 43.1 Å². The van der Waals surface area contributed by atoms with Crippen LogP contribution in [-0.4, -0.2) is 24.0 Å². The maximum absolute atomic E-state index is 12.2. The van der Waals surface area contributed by atoms with Crippen molar-refractivity contribution in [3.63, 3.8) is 0 Å². The lowest BCUT2D eigenvalue weighted by Gasteiger charge is -2.07. The number of hydrogen-bond acceptors (Lipinski definition) is 3. The van der Waals surface area contributed by atoms with Crippen molar-refractivity contribution in [1.82, 2.24) is 10.3 Å². The molecule has 0 saturated heterocycles. The first-order valence-corrected chi connectivity index (χ1v) is 7.15. The molecule has 1 heterocycles. The molecule has 3 N–H and O–H groups in total. The number of hydrogen-bond donors (Lipinski definition) is 2. The predicted molar refractivity (Wildman–Crippen MR) is 81.6 cm³/mol. The summed E-state index contributed by atoms with van der Waals surface area (Å²) in [5, 5.41) is 3.95. The number of nitrogens with one attached hydrogen (secondary N) is 1. The number of para-hydroxylation sites is 1. The molecule has 0 saturated carbocycles. The van der Waals surface area contributed by atoms with Crippen LogP contribution < -0.4 is 11.1 Å². The Morgan fingerprint density at radius 3 is 2.75 bits per heavy atom. The normalized spacial score (nSPS) is 10.7. The van der Waals surface area contributed by atoms with Crippen LogP contribution in [0.3, 0.4) is 0 Å². The summed E-state index contributed by atoms with van der Waals surface area (Å²) in [6, 6.07) is 9.51. The van der Waals surface area contributed by atoms with Gasteiger partial charge in [0.15, 0.2) is 0 Å². The Bertz CT molecular complexity index is 563. The number of carbonyl (C=O) groups is 1. The number of rotatable bonds is 7. The Balaban J connectivity index is 1.91. The van der Waals surface area contributed by atoms with Crippen LogP contribution in [-0.2, 0) is 0 Å². The van der Waals surface area contributed by atoms with E-state index in [1.165, 1.54) is 0 Å². The van der Waals surface area contributed by atoms with E-state index in [9.17, 15) is 4.79 Å². The molecule has 1 aromatic heterocycles. The van der Waals surface area contributed by atoms with E-state index in [1.54, 1.807) is 6.20 Å². The number of nitrogens with two attached hydrogens (primary N) is 1. The second-order valence-corrected chi connectivity index (χ2v) is 4.84. The summed E-state index contributed by atoms with van der Waals surface area (Å²) in [5.41, 5.74) is 6.85. The highest BCUT2D eigenvalue weighted by Crippen LogP contribution is 2.15. The van der Waals surface area contributed by atoms with E-state index in [4.69, 9.17) is 5.73 Å². The van der Waals surface area contributed by atoms with Gasteiger partial charge in [0, 0.05) is 18.1 Å². The van der Waals surface area contributed by atoms with Crippen LogP contribution in [0.4, 0.5) is 0 Å². The zero-order chi connectivity index (χ0) is 14.2. The average molecular weight is 271 g/mol. The molecule has 0 aliphatic carbocycles. The fraction of sp³-hybridized carbons (Fsp3) is 0.375. The first-order chi connectivity index (χ1) is 9.83. The molecule has 0 bridgehead atoms. The second-order valence-electron chi connectivity index (χ2n) is 4.84. The number of pyridine rings is 1. The molecule has 1 amide bonds. The van der Waals surface area contributed by atoms with E-state index < -0.39 is 0 Å². The molecular weight excluding hydrogens is 250 g/mol. The van der Waals surface area contributed by atoms with Gasteiger partial charge in [0.05, 0.1) is 11.1 Å². The summed E-state index contributed by atoms with van der Waals surface area (Å²) in [4.78, 5) is 16.5. The van der Waals surface area contributed by atoms with Crippen molar-refractivity contribution in [3.8, 4) is 0 Å². The van der Waals surface area contributed by atoms with E-state index in [1.807, 2.05) is 30.3 Å². The smallest absolute Gasteiger partial charge is 0.253 e. The lowest BCUT2D eigenvalue weighted by Crippen LogP contribution is -2.24. The molecule has 0 fully saturated rings. The second kappa shape index (κ2) is 7.60. The van der Waals surface area contributed by atoms with Crippen molar-refractivity contribution >= 4 is 16.8 Å². The summed E-state index contributed by atoms with van der Waals surface area (Å²) < 4.78 is 0. The minimum absolute atomic E-state index is 0.0480. The summed E-state index contributed by atoms with van der Waals surface area (Å²) in [7, 11) is 0. The van der Waals surface area contributed by atoms with Gasteiger partial charge >= 0.3 is 0 Å². The van der Waals surface area contributed by atoms with Crippen LogP contribution in [0.2, 0.25) is 0 Å². The fourth-order valence-electron chi connectivity index (χ4n) is 2.21. The van der Waals surface area contributed by atoms with E-state index >= 15 is 0 Å². The van der Waals surface area contributed by atoms with Crippen LogP contribution in [0, 0.1) is 0 Å². The molecule has 0 aliphatic rings. The van der Waals surface area contributed by atoms with Crippen LogP contribution in [0.1, 0.15) is 36.0 Å². The SMILES string of the molecule is NCCCCCCNC(=O)c1cccc2cccnc12. The molecule has 0 aliphatic heterocycles. The van der Waals surface area contributed by atoms with Gasteiger partial charge in [-0.25, -0.2) is 0 Å². The van der Waals surface area contributed by atoms with Crippen molar-refractivity contribution in [1.29, 1.82) is 0 Å². The number of unbranched alkanes of at least 4 members (excludes halogenated alkanes) is 3. The number of carbonyl (C=O) groups excluding carboxylic acids is 1. The number of fused-ring (bicyclic) bond motifs is 1. The molecule has 0 spiro atoms. The highest BCUT2D eigenvalue weighted by molar-refractivity contribution is 6.05. The topological polar surface area (TPSA) is 68.0 Å². The average Bonchev–Trinajstić information content (AvgIpc) is 2.50. The Morgan fingerprint density at radius 1 is 1.10 bits per heavy atom. The molecule has 0 radical (unpaired) electrons. The minimum atomic E-state index is -0.0480. The largest absolute Gasteiger partial charge is 0.352 e. The third-order valence-electron chi connectivity index (χ3n) is 3.29. The summed E-state index contributed by atoms with van der Waals surface area (Å²) in [6.07, 6.45) is 5.99. The van der Waals surface area contributed by atoms with Crippen LogP contribution in [0.5, 0.6) is 0 Å². The van der Waals surface area contributed by atoms with Crippen molar-refractivity contribution in [2.24, 2.45) is 5.73 Å². The maximum Gasteiger partial charge on any atom is 0.253 e. The predicted octanol–water partition coefficient (Wildman–Crippen LogP) is 2.48. The van der Waals surface area contributed by atoms with Gasteiger partial charge in [0.25, 0.3) is 5.91 Å². The first kappa shape index (κ1) is 14.5. The van der Waals surface area contributed by atoms with Crippen molar-refractivity contribution in [2.45, 2.75) is 25.7 Å². The van der Waals surface area contributed by atoms with Crippen LogP contribution in [0.15, 0.2) is 36.5 Å². The van der Waals surface area contributed by atoms with Gasteiger partial charge < -0.3 is 11.1 Å². The Labute approximate surface area is 119 Å². The fourth-order valence-corrected chi connectivity index (χ4v) is 2.21. The zero-order valence-corrected chi connectivity index (χ0v) is 11.6. The van der Waals surface area contributed by atoms with E-state index in [0.29, 0.717) is 12.1 Å². The summed E-state index contributed by atoms with van der Waals surface area (Å²) in [5.74, 6) is -0.0480. The van der Waals surface area contributed by atoms with Crippen molar-refractivity contribution in [3.05, 3.63) is 42.1 Å². The molecule has 0 atom stereocenters. The number of benzene rings is 1. The van der Waals surface area contributed by atoms with Crippen LogP contribution >= 0.6 is 0 Å².